The highest BCUT2D eigenvalue weighted by Crippen LogP contribution is 2.46. The van der Waals surface area contributed by atoms with Crippen molar-refractivity contribution in [1.29, 1.82) is 0 Å². The molecule has 2 aromatic rings. The van der Waals surface area contributed by atoms with E-state index in [-0.39, 0.29) is 6.04 Å². The number of halogens is 1. The summed E-state index contributed by atoms with van der Waals surface area (Å²) in [5.41, 5.74) is 2.32. The van der Waals surface area contributed by atoms with Gasteiger partial charge in [-0.1, -0.05) is 46.3 Å². The molecule has 6 heteroatoms. The Labute approximate surface area is 159 Å². The fraction of sp³-hybridized carbons (Fsp3) is 0.368. The number of benzene rings is 2. The molecule has 4 nitrogen and oxygen atoms in total. The fourth-order valence-electron chi connectivity index (χ4n) is 3.15. The first-order chi connectivity index (χ1) is 11.9. The largest absolute Gasteiger partial charge is 0.299 e. The third kappa shape index (κ3) is 5.06. The van der Waals surface area contributed by atoms with Crippen LogP contribution in [0.3, 0.4) is 0 Å². The van der Waals surface area contributed by atoms with E-state index in [9.17, 15) is 9.11 Å². The number of hydrogen-bond acceptors (Lipinski definition) is 4. The van der Waals surface area contributed by atoms with E-state index in [1.807, 2.05) is 25.1 Å². The monoisotopic (exact) mass is 424 g/mol. The molecule has 0 aromatic heterocycles. The molecule has 0 bridgehead atoms. The molecule has 2 aromatic carbocycles. The van der Waals surface area contributed by atoms with Gasteiger partial charge in [0.2, 0.25) is 0 Å². The Hall–Kier alpha value is -0.890. The molecule has 0 radical (unpaired) electrons. The predicted octanol–water partition coefficient (Wildman–Crippen LogP) is 5.04. The van der Waals surface area contributed by atoms with Gasteiger partial charge >= 0.3 is 0 Å². The third-order valence-corrected chi connectivity index (χ3v) is 7.09. The molecule has 1 fully saturated rings. The second kappa shape index (κ2) is 8.20. The SMILES string of the molecule is Cc1cc(S(O)(O)NC2CCN(Cc3ccccc3)CC2)ccc1Br. The Morgan fingerprint density at radius 2 is 1.80 bits per heavy atom. The zero-order chi connectivity index (χ0) is 17.9. The van der Waals surface area contributed by atoms with Crippen LogP contribution in [0.1, 0.15) is 24.0 Å². The van der Waals surface area contributed by atoms with Crippen molar-refractivity contribution in [3.05, 3.63) is 64.1 Å². The van der Waals surface area contributed by atoms with Crippen LogP contribution in [0.4, 0.5) is 0 Å². The number of rotatable bonds is 5. The molecule has 1 aliphatic rings. The highest BCUT2D eigenvalue weighted by molar-refractivity contribution is 9.10. The van der Waals surface area contributed by atoms with Crippen molar-refractivity contribution in [3.8, 4) is 0 Å². The van der Waals surface area contributed by atoms with E-state index < -0.39 is 10.8 Å². The molecule has 0 unspecified atom stereocenters. The maximum atomic E-state index is 10.6. The smallest absolute Gasteiger partial charge is 0.0753 e. The highest BCUT2D eigenvalue weighted by Gasteiger charge is 2.25. The van der Waals surface area contributed by atoms with Crippen molar-refractivity contribution in [1.82, 2.24) is 9.62 Å². The Kier molecular flexibility index (Phi) is 6.20. The molecule has 1 heterocycles. The standard InChI is InChI=1S/C19H25BrN2O2S/c1-15-13-18(7-8-19(15)20)25(23,24)21-17-9-11-22(12-10-17)14-16-5-3-2-4-6-16/h2-8,13,17,21,23-24H,9-12,14H2,1H3. The molecule has 0 spiro atoms. The van der Waals surface area contributed by atoms with Gasteiger partial charge in [-0.25, -0.2) is 4.72 Å². The van der Waals surface area contributed by atoms with Crippen molar-refractivity contribution >= 4 is 26.7 Å². The van der Waals surface area contributed by atoms with Gasteiger partial charge in [-0.15, -0.1) is 10.8 Å². The van der Waals surface area contributed by atoms with E-state index in [4.69, 9.17) is 0 Å². The summed E-state index contributed by atoms with van der Waals surface area (Å²) in [7, 11) is -2.96. The Bertz CT molecular complexity index is 704. The average molecular weight is 425 g/mol. The van der Waals surface area contributed by atoms with E-state index >= 15 is 0 Å². The molecule has 1 saturated heterocycles. The van der Waals surface area contributed by atoms with E-state index in [2.05, 4.69) is 49.8 Å². The summed E-state index contributed by atoms with van der Waals surface area (Å²) in [6.07, 6.45) is 1.83. The lowest BCUT2D eigenvalue weighted by Crippen LogP contribution is -2.42. The van der Waals surface area contributed by atoms with E-state index in [0.717, 1.165) is 42.5 Å². The number of nitrogens with zero attached hydrogens (tertiary/aromatic N) is 1. The topological polar surface area (TPSA) is 55.7 Å². The maximum absolute atomic E-state index is 10.6. The number of nitrogens with one attached hydrogen (secondary N) is 1. The number of aryl methyl sites for hydroxylation is 1. The second-order valence-corrected chi connectivity index (χ2v) is 9.27. The van der Waals surface area contributed by atoms with Crippen LogP contribution in [0.15, 0.2) is 57.9 Å². The van der Waals surface area contributed by atoms with Gasteiger partial charge in [0.25, 0.3) is 0 Å². The molecular formula is C19H25BrN2O2S. The summed E-state index contributed by atoms with van der Waals surface area (Å²) in [6, 6.07) is 16.1. The van der Waals surface area contributed by atoms with Crippen LogP contribution in [0.25, 0.3) is 0 Å². The summed E-state index contributed by atoms with van der Waals surface area (Å²) >= 11 is 3.45. The lowest BCUT2D eigenvalue weighted by Gasteiger charge is -2.40. The number of likely N-dealkylation sites (tertiary alicyclic amines) is 1. The molecule has 3 rings (SSSR count). The van der Waals surface area contributed by atoms with Crippen molar-refractivity contribution < 1.29 is 9.11 Å². The van der Waals surface area contributed by atoms with Crippen LogP contribution in [0, 0.1) is 6.92 Å². The maximum Gasteiger partial charge on any atom is 0.0753 e. The van der Waals surface area contributed by atoms with Crippen LogP contribution in [0.2, 0.25) is 0 Å². The zero-order valence-electron chi connectivity index (χ0n) is 14.4. The lowest BCUT2D eigenvalue weighted by atomic mass is 10.1. The van der Waals surface area contributed by atoms with Gasteiger partial charge in [0.15, 0.2) is 0 Å². The molecule has 136 valence electrons. The average Bonchev–Trinajstić information content (AvgIpc) is 2.60. The molecule has 1 aliphatic heterocycles. The summed E-state index contributed by atoms with van der Waals surface area (Å²) in [5, 5.41) is 0. The van der Waals surface area contributed by atoms with Gasteiger partial charge in [-0.2, -0.15) is 0 Å². The molecular weight excluding hydrogens is 400 g/mol. The summed E-state index contributed by atoms with van der Waals surface area (Å²) in [6.45, 7) is 4.82. The molecule has 3 N–H and O–H groups in total. The van der Waals surface area contributed by atoms with Crippen LogP contribution >= 0.6 is 26.7 Å². The summed E-state index contributed by atoms with van der Waals surface area (Å²) in [4.78, 5) is 2.98. The normalized spacial score (nSPS) is 17.6. The van der Waals surface area contributed by atoms with Crippen LogP contribution in [-0.4, -0.2) is 33.1 Å². The number of hydrogen-bond donors (Lipinski definition) is 3. The summed E-state index contributed by atoms with van der Waals surface area (Å²) < 4.78 is 25.2. The van der Waals surface area contributed by atoms with E-state index in [1.54, 1.807) is 6.07 Å². The second-order valence-electron chi connectivity index (χ2n) is 6.61. The molecule has 0 amide bonds. The first kappa shape index (κ1) is 18.9. The highest BCUT2D eigenvalue weighted by atomic mass is 79.9. The van der Waals surface area contributed by atoms with Gasteiger partial charge in [0.1, 0.15) is 0 Å². The van der Waals surface area contributed by atoms with Crippen LogP contribution < -0.4 is 4.72 Å². The first-order valence-electron chi connectivity index (χ1n) is 8.52. The third-order valence-electron chi connectivity index (χ3n) is 4.63. The van der Waals surface area contributed by atoms with E-state index in [0.29, 0.717) is 4.90 Å². The minimum Gasteiger partial charge on any atom is -0.299 e. The Balaban J connectivity index is 1.55. The molecule has 25 heavy (non-hydrogen) atoms. The van der Waals surface area contributed by atoms with Crippen molar-refractivity contribution in [3.63, 3.8) is 0 Å². The zero-order valence-corrected chi connectivity index (χ0v) is 16.8. The van der Waals surface area contributed by atoms with Crippen molar-refractivity contribution in [2.24, 2.45) is 0 Å². The van der Waals surface area contributed by atoms with Crippen molar-refractivity contribution in [2.75, 3.05) is 13.1 Å². The van der Waals surface area contributed by atoms with Crippen LogP contribution in [0.5, 0.6) is 0 Å². The Morgan fingerprint density at radius 1 is 1.12 bits per heavy atom. The Morgan fingerprint density at radius 3 is 2.44 bits per heavy atom. The summed E-state index contributed by atoms with van der Waals surface area (Å²) in [5.74, 6) is 0. The van der Waals surface area contributed by atoms with E-state index in [1.165, 1.54) is 5.56 Å². The van der Waals surface area contributed by atoms with Gasteiger partial charge in [-0.05, 0) is 49.1 Å². The minimum atomic E-state index is -2.96. The molecule has 0 aliphatic carbocycles. The minimum absolute atomic E-state index is 0.126. The predicted molar refractivity (Wildman–Crippen MR) is 108 cm³/mol. The number of piperidine rings is 1. The lowest BCUT2D eigenvalue weighted by molar-refractivity contribution is 0.198. The molecule has 0 saturated carbocycles. The van der Waals surface area contributed by atoms with Gasteiger partial charge in [0, 0.05) is 30.1 Å². The van der Waals surface area contributed by atoms with Gasteiger partial charge in [-0.3, -0.25) is 14.0 Å². The fourth-order valence-corrected chi connectivity index (χ4v) is 4.83. The quantitative estimate of drug-likeness (QED) is 0.629. The van der Waals surface area contributed by atoms with Gasteiger partial charge in [0.05, 0.1) is 4.90 Å². The van der Waals surface area contributed by atoms with Crippen LogP contribution in [-0.2, 0) is 6.54 Å². The van der Waals surface area contributed by atoms with Crippen molar-refractivity contribution in [2.45, 2.75) is 37.2 Å². The van der Waals surface area contributed by atoms with Gasteiger partial charge < -0.3 is 0 Å². The molecule has 0 atom stereocenters. The first-order valence-corrected chi connectivity index (χ1v) is 10.9.